The number of non-ortho nitro benzene ring substituents is 1. The lowest BCUT2D eigenvalue weighted by Crippen LogP contribution is -2.39. The minimum atomic E-state index is -0.316. The van der Waals surface area contributed by atoms with Crippen molar-refractivity contribution in [3.8, 4) is 0 Å². The summed E-state index contributed by atoms with van der Waals surface area (Å²) < 4.78 is 0. The van der Waals surface area contributed by atoms with E-state index in [1.807, 2.05) is 6.07 Å². The molecule has 1 atom stereocenters. The summed E-state index contributed by atoms with van der Waals surface area (Å²) in [6.07, 6.45) is 1.08. The van der Waals surface area contributed by atoms with Gasteiger partial charge < -0.3 is 4.90 Å². The van der Waals surface area contributed by atoms with Crippen LogP contribution in [0.4, 0.5) is 11.4 Å². The first-order valence-corrected chi connectivity index (χ1v) is 6.45. The van der Waals surface area contributed by atoms with Gasteiger partial charge in [-0.15, -0.1) is 0 Å². The minimum absolute atomic E-state index is 0.0451. The number of benzene rings is 1. The Labute approximate surface area is 108 Å². The van der Waals surface area contributed by atoms with Gasteiger partial charge in [0, 0.05) is 35.8 Å². The van der Waals surface area contributed by atoms with E-state index in [2.05, 4.69) is 32.6 Å². The van der Waals surface area contributed by atoms with Gasteiger partial charge in [-0.2, -0.15) is 0 Å². The maximum Gasteiger partial charge on any atom is 0.269 e. The van der Waals surface area contributed by atoms with Crippen LogP contribution in [0.15, 0.2) is 18.2 Å². The van der Waals surface area contributed by atoms with Gasteiger partial charge >= 0.3 is 0 Å². The van der Waals surface area contributed by atoms with Crippen LogP contribution in [0.5, 0.6) is 0 Å². The number of anilines is 1. The van der Waals surface area contributed by atoms with Crippen molar-refractivity contribution in [3.05, 3.63) is 33.9 Å². The predicted molar refractivity (Wildman–Crippen MR) is 73.2 cm³/mol. The Morgan fingerprint density at radius 3 is 2.67 bits per heavy atom. The number of nitro benzene ring substituents is 1. The lowest BCUT2D eigenvalue weighted by atomic mass is 9.81. The largest absolute Gasteiger partial charge is 0.368 e. The first-order chi connectivity index (χ1) is 8.39. The number of hydrogen-bond acceptors (Lipinski definition) is 3. The zero-order valence-electron chi connectivity index (χ0n) is 11.4. The fourth-order valence-electron chi connectivity index (χ4n) is 2.78. The third-order valence-electron chi connectivity index (χ3n) is 4.17. The lowest BCUT2D eigenvalue weighted by Gasteiger charge is -2.31. The molecular weight excluding hydrogens is 228 g/mol. The topological polar surface area (TPSA) is 46.4 Å². The predicted octanol–water partition coefficient (Wildman–Crippen LogP) is 3.49. The molecule has 1 aromatic carbocycles. The van der Waals surface area contributed by atoms with Gasteiger partial charge in [-0.3, -0.25) is 10.1 Å². The zero-order chi connectivity index (χ0) is 13.5. The fraction of sp³-hybridized carbons (Fsp3) is 0.571. The normalized spacial score (nSPS) is 20.9. The molecule has 0 aliphatic carbocycles. The SMILES string of the molecule is CCCN1c2ccc([N+](=O)[O-])cc2C(C)(C)C1C. The monoisotopic (exact) mass is 248 g/mol. The van der Waals surface area contributed by atoms with Crippen LogP contribution in [-0.4, -0.2) is 17.5 Å². The molecule has 2 rings (SSSR count). The van der Waals surface area contributed by atoms with E-state index in [0.717, 1.165) is 24.2 Å². The Balaban J connectivity index is 2.53. The van der Waals surface area contributed by atoms with Gasteiger partial charge in [0.2, 0.25) is 0 Å². The molecule has 0 fully saturated rings. The second-order valence-corrected chi connectivity index (χ2v) is 5.55. The highest BCUT2D eigenvalue weighted by atomic mass is 16.6. The van der Waals surface area contributed by atoms with Crippen LogP contribution in [-0.2, 0) is 5.41 Å². The van der Waals surface area contributed by atoms with Gasteiger partial charge in [0.05, 0.1) is 4.92 Å². The highest BCUT2D eigenvalue weighted by Crippen LogP contribution is 2.46. The van der Waals surface area contributed by atoms with Gasteiger partial charge in [0.15, 0.2) is 0 Å². The molecule has 1 aliphatic heterocycles. The maximum atomic E-state index is 10.9. The summed E-state index contributed by atoms with van der Waals surface area (Å²) in [5, 5.41) is 10.9. The number of fused-ring (bicyclic) bond motifs is 1. The Bertz CT molecular complexity index is 483. The van der Waals surface area contributed by atoms with Crippen molar-refractivity contribution >= 4 is 11.4 Å². The number of nitrogens with zero attached hydrogens (tertiary/aromatic N) is 2. The number of nitro groups is 1. The van der Waals surface area contributed by atoms with E-state index in [1.54, 1.807) is 12.1 Å². The van der Waals surface area contributed by atoms with Crippen LogP contribution in [0.2, 0.25) is 0 Å². The first kappa shape index (κ1) is 12.9. The number of hydrogen-bond donors (Lipinski definition) is 0. The molecule has 1 aliphatic rings. The average Bonchev–Trinajstić information content (AvgIpc) is 2.51. The summed E-state index contributed by atoms with van der Waals surface area (Å²) in [4.78, 5) is 12.9. The molecule has 0 bridgehead atoms. The van der Waals surface area contributed by atoms with E-state index in [9.17, 15) is 10.1 Å². The molecule has 0 aromatic heterocycles. The quantitative estimate of drug-likeness (QED) is 0.607. The van der Waals surface area contributed by atoms with Crippen molar-refractivity contribution in [3.63, 3.8) is 0 Å². The van der Waals surface area contributed by atoms with E-state index in [4.69, 9.17) is 0 Å². The van der Waals surface area contributed by atoms with Gasteiger partial charge in [0.1, 0.15) is 0 Å². The molecule has 1 heterocycles. The smallest absolute Gasteiger partial charge is 0.269 e. The molecule has 4 nitrogen and oxygen atoms in total. The minimum Gasteiger partial charge on any atom is -0.368 e. The van der Waals surface area contributed by atoms with Crippen LogP contribution in [0.3, 0.4) is 0 Å². The highest BCUT2D eigenvalue weighted by Gasteiger charge is 2.42. The van der Waals surface area contributed by atoms with Crippen LogP contribution >= 0.6 is 0 Å². The number of rotatable bonds is 3. The molecule has 18 heavy (non-hydrogen) atoms. The third kappa shape index (κ3) is 1.76. The molecule has 98 valence electrons. The van der Waals surface area contributed by atoms with Crippen molar-refractivity contribution in [1.29, 1.82) is 0 Å². The van der Waals surface area contributed by atoms with E-state index < -0.39 is 0 Å². The van der Waals surface area contributed by atoms with Crippen molar-refractivity contribution in [2.75, 3.05) is 11.4 Å². The second kappa shape index (κ2) is 4.26. The summed E-state index contributed by atoms with van der Waals surface area (Å²) >= 11 is 0. The maximum absolute atomic E-state index is 10.9. The lowest BCUT2D eigenvalue weighted by molar-refractivity contribution is -0.384. The molecule has 1 unspecified atom stereocenters. The molecule has 0 spiro atoms. The van der Waals surface area contributed by atoms with Gasteiger partial charge in [-0.05, 0) is 25.0 Å². The van der Waals surface area contributed by atoms with E-state index in [0.29, 0.717) is 6.04 Å². The third-order valence-corrected chi connectivity index (χ3v) is 4.17. The van der Waals surface area contributed by atoms with Crippen LogP contribution in [0.25, 0.3) is 0 Å². The fourth-order valence-corrected chi connectivity index (χ4v) is 2.78. The van der Waals surface area contributed by atoms with Crippen molar-refractivity contribution in [2.45, 2.75) is 45.6 Å². The summed E-state index contributed by atoms with van der Waals surface area (Å²) in [6.45, 7) is 9.67. The molecule has 0 N–H and O–H groups in total. The second-order valence-electron chi connectivity index (χ2n) is 5.55. The standard InChI is InChI=1S/C14H20N2O2/c1-5-8-15-10(2)14(3,4)12-9-11(16(17)18)6-7-13(12)15/h6-7,9-10H,5,8H2,1-4H3. The summed E-state index contributed by atoms with van der Waals surface area (Å²) in [5.74, 6) is 0. The molecule has 0 saturated heterocycles. The Morgan fingerprint density at radius 1 is 1.44 bits per heavy atom. The average molecular weight is 248 g/mol. The summed E-state index contributed by atoms with van der Waals surface area (Å²) in [7, 11) is 0. The Morgan fingerprint density at radius 2 is 2.11 bits per heavy atom. The molecule has 4 heteroatoms. The van der Waals surface area contributed by atoms with E-state index in [1.165, 1.54) is 0 Å². The molecular formula is C14H20N2O2. The molecule has 1 aromatic rings. The van der Waals surface area contributed by atoms with Crippen molar-refractivity contribution < 1.29 is 4.92 Å². The van der Waals surface area contributed by atoms with Gasteiger partial charge in [-0.1, -0.05) is 20.8 Å². The summed E-state index contributed by atoms with van der Waals surface area (Å²) in [6, 6.07) is 5.61. The van der Waals surface area contributed by atoms with E-state index in [-0.39, 0.29) is 16.0 Å². The molecule has 0 radical (unpaired) electrons. The van der Waals surface area contributed by atoms with Crippen molar-refractivity contribution in [2.24, 2.45) is 0 Å². The first-order valence-electron chi connectivity index (χ1n) is 6.45. The highest BCUT2D eigenvalue weighted by molar-refractivity contribution is 5.66. The Kier molecular flexibility index (Phi) is 3.05. The van der Waals surface area contributed by atoms with E-state index >= 15 is 0 Å². The van der Waals surface area contributed by atoms with Crippen LogP contribution in [0.1, 0.15) is 39.7 Å². The molecule has 0 amide bonds. The zero-order valence-corrected chi connectivity index (χ0v) is 11.4. The van der Waals surface area contributed by atoms with Crippen molar-refractivity contribution in [1.82, 2.24) is 0 Å². The summed E-state index contributed by atoms with van der Waals surface area (Å²) in [5.41, 5.74) is 2.39. The van der Waals surface area contributed by atoms with Gasteiger partial charge in [0.25, 0.3) is 5.69 Å². The molecule has 0 saturated carbocycles. The van der Waals surface area contributed by atoms with Gasteiger partial charge in [-0.25, -0.2) is 0 Å². The van der Waals surface area contributed by atoms with Crippen LogP contribution < -0.4 is 4.90 Å². The Hall–Kier alpha value is -1.58. The van der Waals surface area contributed by atoms with Crippen LogP contribution in [0, 0.1) is 10.1 Å².